The number of nitrogens with zero attached hydrogens (tertiary/aromatic N) is 4. The molecule has 5 heteroatoms. The van der Waals surface area contributed by atoms with Gasteiger partial charge >= 0.3 is 0 Å². The molecule has 0 atom stereocenters. The standard InChI is InChI=1S/C24H26N4O/c1-14-11-15(2)21(16(3)12-14)22-23-25-17(4)24(29)28(23)13-20(26-22)18-7-9-19(10-8-18)27(5)6/h7-13,29H,1-6H3. The Bertz CT molecular complexity index is 1200. The Kier molecular flexibility index (Phi) is 4.53. The molecule has 0 unspecified atom stereocenters. The second kappa shape index (κ2) is 6.92. The lowest BCUT2D eigenvalue weighted by Gasteiger charge is -2.15. The molecule has 4 rings (SSSR count). The van der Waals surface area contributed by atoms with Gasteiger partial charge in [0, 0.05) is 37.1 Å². The van der Waals surface area contributed by atoms with Crippen LogP contribution in [0.5, 0.6) is 5.88 Å². The molecule has 0 amide bonds. The predicted octanol–water partition coefficient (Wildman–Crippen LogP) is 5.07. The van der Waals surface area contributed by atoms with E-state index in [0.717, 1.165) is 39.3 Å². The summed E-state index contributed by atoms with van der Waals surface area (Å²) >= 11 is 0. The van der Waals surface area contributed by atoms with Gasteiger partial charge in [-0.2, -0.15) is 0 Å². The smallest absolute Gasteiger partial charge is 0.219 e. The Balaban J connectivity index is 2.01. The van der Waals surface area contributed by atoms with Gasteiger partial charge < -0.3 is 10.0 Å². The Labute approximate surface area is 171 Å². The summed E-state index contributed by atoms with van der Waals surface area (Å²) in [7, 11) is 4.04. The number of aromatic hydroxyl groups is 1. The Hall–Kier alpha value is -3.34. The van der Waals surface area contributed by atoms with Crippen molar-refractivity contribution < 1.29 is 5.11 Å². The molecule has 0 radical (unpaired) electrons. The summed E-state index contributed by atoms with van der Waals surface area (Å²) in [5.41, 5.74) is 9.56. The van der Waals surface area contributed by atoms with E-state index < -0.39 is 0 Å². The summed E-state index contributed by atoms with van der Waals surface area (Å²) in [6.07, 6.45) is 1.86. The molecule has 0 aliphatic carbocycles. The lowest BCUT2D eigenvalue weighted by Crippen LogP contribution is -2.08. The molecule has 0 fully saturated rings. The summed E-state index contributed by atoms with van der Waals surface area (Å²) < 4.78 is 1.74. The molecule has 2 aromatic carbocycles. The molecule has 148 valence electrons. The topological polar surface area (TPSA) is 53.7 Å². The zero-order valence-electron chi connectivity index (χ0n) is 17.8. The molecule has 29 heavy (non-hydrogen) atoms. The zero-order chi connectivity index (χ0) is 20.9. The van der Waals surface area contributed by atoms with Crippen molar-refractivity contribution in [3.05, 3.63) is 65.0 Å². The minimum Gasteiger partial charge on any atom is -0.493 e. The third-order valence-electron chi connectivity index (χ3n) is 5.34. The Morgan fingerprint density at radius 1 is 0.897 bits per heavy atom. The van der Waals surface area contributed by atoms with Crippen LogP contribution < -0.4 is 4.90 Å². The maximum atomic E-state index is 10.6. The van der Waals surface area contributed by atoms with Gasteiger partial charge in [-0.15, -0.1) is 0 Å². The first kappa shape index (κ1) is 19.0. The number of anilines is 1. The van der Waals surface area contributed by atoms with Gasteiger partial charge in [-0.05, 0) is 51.0 Å². The van der Waals surface area contributed by atoms with Gasteiger partial charge in [0.15, 0.2) is 5.65 Å². The fraction of sp³-hybridized carbons (Fsp3) is 0.250. The van der Waals surface area contributed by atoms with Crippen molar-refractivity contribution in [1.29, 1.82) is 0 Å². The first-order valence-electron chi connectivity index (χ1n) is 9.71. The van der Waals surface area contributed by atoms with Crippen molar-refractivity contribution in [1.82, 2.24) is 14.4 Å². The Morgan fingerprint density at radius 2 is 1.52 bits per heavy atom. The molecule has 0 aliphatic rings. The number of fused-ring (bicyclic) bond motifs is 1. The summed E-state index contributed by atoms with van der Waals surface area (Å²) in [6.45, 7) is 8.11. The largest absolute Gasteiger partial charge is 0.493 e. The first-order valence-corrected chi connectivity index (χ1v) is 9.71. The number of benzene rings is 2. The fourth-order valence-corrected chi connectivity index (χ4v) is 3.94. The van der Waals surface area contributed by atoms with E-state index in [2.05, 4.69) is 67.1 Å². The minimum atomic E-state index is 0.150. The van der Waals surface area contributed by atoms with Crippen molar-refractivity contribution in [2.75, 3.05) is 19.0 Å². The van der Waals surface area contributed by atoms with Gasteiger partial charge in [-0.1, -0.05) is 29.8 Å². The molecule has 5 nitrogen and oxygen atoms in total. The number of hydrogen-bond donors (Lipinski definition) is 1. The molecule has 1 N–H and O–H groups in total. The van der Waals surface area contributed by atoms with Crippen LogP contribution in [0.15, 0.2) is 42.6 Å². The molecule has 0 bridgehead atoms. The fourth-order valence-electron chi connectivity index (χ4n) is 3.94. The lowest BCUT2D eigenvalue weighted by molar-refractivity contribution is 0.444. The molecule has 2 heterocycles. The second-order valence-electron chi connectivity index (χ2n) is 7.90. The summed E-state index contributed by atoms with van der Waals surface area (Å²) in [5, 5.41) is 10.6. The van der Waals surface area contributed by atoms with Crippen LogP contribution in [0, 0.1) is 27.7 Å². The first-order chi connectivity index (χ1) is 13.8. The summed E-state index contributed by atoms with van der Waals surface area (Å²) in [5.74, 6) is 0.150. The van der Waals surface area contributed by atoms with E-state index in [4.69, 9.17) is 4.98 Å². The highest BCUT2D eigenvalue weighted by Gasteiger charge is 2.19. The quantitative estimate of drug-likeness (QED) is 0.534. The van der Waals surface area contributed by atoms with Gasteiger partial charge in [0.1, 0.15) is 11.4 Å². The molecular formula is C24H26N4O. The summed E-state index contributed by atoms with van der Waals surface area (Å²) in [4.78, 5) is 11.7. The normalized spacial score (nSPS) is 11.2. The highest BCUT2D eigenvalue weighted by Crippen LogP contribution is 2.34. The van der Waals surface area contributed by atoms with Crippen molar-refractivity contribution in [2.45, 2.75) is 27.7 Å². The van der Waals surface area contributed by atoms with Crippen LogP contribution in [0.1, 0.15) is 22.4 Å². The number of imidazole rings is 1. The van der Waals surface area contributed by atoms with Gasteiger partial charge in [0.25, 0.3) is 0 Å². The highest BCUT2D eigenvalue weighted by molar-refractivity contribution is 5.82. The van der Waals surface area contributed by atoms with E-state index in [-0.39, 0.29) is 5.88 Å². The summed E-state index contributed by atoms with van der Waals surface area (Å²) in [6, 6.07) is 12.6. The Morgan fingerprint density at radius 3 is 2.10 bits per heavy atom. The zero-order valence-corrected chi connectivity index (χ0v) is 17.8. The van der Waals surface area contributed by atoms with Gasteiger partial charge in [0.05, 0.1) is 5.69 Å². The van der Waals surface area contributed by atoms with Crippen LogP contribution in [0.25, 0.3) is 28.2 Å². The SMILES string of the molecule is Cc1cc(C)c(-c2nc(-c3ccc(N(C)C)cc3)cn3c(O)c(C)nc23)c(C)c1. The molecule has 4 aromatic rings. The van der Waals surface area contributed by atoms with Crippen molar-refractivity contribution >= 4 is 11.3 Å². The van der Waals surface area contributed by atoms with Crippen LogP contribution in [-0.4, -0.2) is 33.6 Å². The molecule has 0 saturated heterocycles. The predicted molar refractivity (Wildman–Crippen MR) is 119 cm³/mol. The number of rotatable bonds is 3. The average Bonchev–Trinajstić information content (AvgIpc) is 2.95. The van der Waals surface area contributed by atoms with Crippen molar-refractivity contribution in [3.8, 4) is 28.4 Å². The van der Waals surface area contributed by atoms with Crippen LogP contribution in [0.4, 0.5) is 5.69 Å². The van der Waals surface area contributed by atoms with Crippen molar-refractivity contribution in [3.63, 3.8) is 0 Å². The van der Waals surface area contributed by atoms with E-state index in [1.54, 1.807) is 4.40 Å². The van der Waals surface area contributed by atoms with E-state index in [1.807, 2.05) is 27.2 Å². The van der Waals surface area contributed by atoms with Crippen LogP contribution >= 0.6 is 0 Å². The van der Waals surface area contributed by atoms with Crippen LogP contribution in [-0.2, 0) is 0 Å². The van der Waals surface area contributed by atoms with E-state index in [9.17, 15) is 5.11 Å². The maximum absolute atomic E-state index is 10.6. The molecular weight excluding hydrogens is 360 g/mol. The second-order valence-corrected chi connectivity index (χ2v) is 7.90. The highest BCUT2D eigenvalue weighted by atomic mass is 16.3. The number of aromatic nitrogens is 3. The number of hydrogen-bond acceptors (Lipinski definition) is 4. The monoisotopic (exact) mass is 386 g/mol. The molecule has 0 spiro atoms. The van der Waals surface area contributed by atoms with Crippen molar-refractivity contribution in [2.24, 2.45) is 0 Å². The van der Waals surface area contributed by atoms with Crippen LogP contribution in [0.2, 0.25) is 0 Å². The van der Waals surface area contributed by atoms with Gasteiger partial charge in [-0.25, -0.2) is 9.97 Å². The van der Waals surface area contributed by atoms with Gasteiger partial charge in [-0.3, -0.25) is 4.40 Å². The molecule has 0 aliphatic heterocycles. The van der Waals surface area contributed by atoms with Gasteiger partial charge in [0.2, 0.25) is 5.88 Å². The average molecular weight is 386 g/mol. The third kappa shape index (κ3) is 3.23. The molecule has 0 saturated carbocycles. The van der Waals surface area contributed by atoms with E-state index in [1.165, 1.54) is 5.56 Å². The minimum absolute atomic E-state index is 0.150. The number of aryl methyl sites for hydroxylation is 4. The maximum Gasteiger partial charge on any atom is 0.219 e. The van der Waals surface area contributed by atoms with E-state index in [0.29, 0.717) is 11.3 Å². The third-order valence-corrected chi connectivity index (χ3v) is 5.34. The molecule has 2 aromatic heterocycles. The van der Waals surface area contributed by atoms with Crippen LogP contribution in [0.3, 0.4) is 0 Å². The van der Waals surface area contributed by atoms with E-state index >= 15 is 0 Å². The lowest BCUT2D eigenvalue weighted by atomic mass is 9.97.